The van der Waals surface area contributed by atoms with Crippen molar-refractivity contribution in [3.8, 4) is 0 Å². The number of methoxy groups -OCH3 is 1. The molecule has 4 nitrogen and oxygen atoms in total. The first-order chi connectivity index (χ1) is 7.11. The molecule has 0 aliphatic carbocycles. The summed E-state index contributed by atoms with van der Waals surface area (Å²) in [6.07, 6.45) is 1.83. The van der Waals surface area contributed by atoms with Gasteiger partial charge in [0.2, 0.25) is 0 Å². The van der Waals surface area contributed by atoms with Crippen molar-refractivity contribution < 1.29 is 9.53 Å². The Balaban J connectivity index is 2.98. The van der Waals surface area contributed by atoms with E-state index in [1.165, 1.54) is 7.11 Å². The first-order valence-corrected chi connectivity index (χ1v) is 5.05. The minimum atomic E-state index is -0.292. The van der Waals surface area contributed by atoms with Crippen molar-refractivity contribution >= 4 is 5.97 Å². The highest BCUT2D eigenvalue weighted by Crippen LogP contribution is 2.16. The molecule has 0 aliphatic rings. The van der Waals surface area contributed by atoms with Gasteiger partial charge in [-0.2, -0.15) is 0 Å². The Bertz CT molecular complexity index is 356. The number of hydrogen-bond donors (Lipinski definition) is 1. The Hall–Kier alpha value is -1.29. The molecule has 0 saturated carbocycles. The number of aromatic nitrogens is 1. The smallest absolute Gasteiger partial charge is 0.354 e. The molecule has 1 aromatic heterocycles. The lowest BCUT2D eigenvalue weighted by Crippen LogP contribution is -2.10. The number of carbonyl (C=O) groups is 1. The van der Waals surface area contributed by atoms with Gasteiger partial charge < -0.3 is 15.0 Å². The number of rotatable bonds is 4. The summed E-state index contributed by atoms with van der Waals surface area (Å²) < 4.78 is 6.59. The van der Waals surface area contributed by atoms with Gasteiger partial charge in [0.1, 0.15) is 5.69 Å². The third kappa shape index (κ3) is 2.39. The maximum Gasteiger partial charge on any atom is 0.354 e. The average Bonchev–Trinajstić information content (AvgIpc) is 2.51. The molecule has 2 N–H and O–H groups in total. The highest BCUT2D eigenvalue weighted by Gasteiger charge is 2.15. The van der Waals surface area contributed by atoms with Crippen LogP contribution >= 0.6 is 0 Å². The van der Waals surface area contributed by atoms with Gasteiger partial charge in [0.25, 0.3) is 0 Å². The van der Waals surface area contributed by atoms with Crippen LogP contribution in [0.1, 0.15) is 28.2 Å². The molecular weight excluding hydrogens is 192 g/mol. The van der Waals surface area contributed by atoms with E-state index in [0.717, 1.165) is 24.1 Å². The van der Waals surface area contributed by atoms with Gasteiger partial charge in [0, 0.05) is 12.7 Å². The second-order valence-electron chi connectivity index (χ2n) is 3.60. The lowest BCUT2D eigenvalue weighted by molar-refractivity contribution is 0.0589. The van der Waals surface area contributed by atoms with Gasteiger partial charge in [-0.15, -0.1) is 0 Å². The summed E-state index contributed by atoms with van der Waals surface area (Å²) in [5, 5.41) is 0. The summed E-state index contributed by atoms with van der Waals surface area (Å²) in [6.45, 7) is 2.66. The molecule has 0 aliphatic heterocycles. The molecule has 0 unspecified atom stereocenters. The Labute approximate surface area is 90.0 Å². The molecule has 1 aromatic rings. The van der Waals surface area contributed by atoms with Crippen molar-refractivity contribution in [2.75, 3.05) is 13.7 Å². The standard InChI is InChI=1S/C11H18N2O2/c1-8-7-10(11(14)15-3)13(2)9(8)5-4-6-12/h7H,4-6,12H2,1-3H3. The van der Waals surface area contributed by atoms with Gasteiger partial charge in [0.05, 0.1) is 7.11 Å². The third-order valence-electron chi connectivity index (χ3n) is 2.59. The van der Waals surface area contributed by atoms with Crippen molar-refractivity contribution in [1.29, 1.82) is 0 Å². The first kappa shape index (κ1) is 11.8. The molecular formula is C11H18N2O2. The molecule has 0 aromatic carbocycles. The third-order valence-corrected chi connectivity index (χ3v) is 2.59. The molecule has 0 atom stereocenters. The normalized spacial score (nSPS) is 10.4. The number of nitrogens with two attached hydrogens (primary N) is 1. The van der Waals surface area contributed by atoms with Crippen molar-refractivity contribution in [1.82, 2.24) is 4.57 Å². The van der Waals surface area contributed by atoms with Gasteiger partial charge >= 0.3 is 5.97 Å². The molecule has 84 valence electrons. The Kier molecular flexibility index (Phi) is 3.91. The summed E-state index contributed by atoms with van der Waals surface area (Å²) >= 11 is 0. The van der Waals surface area contributed by atoms with Crippen LogP contribution in [0.4, 0.5) is 0 Å². The summed E-state index contributed by atoms with van der Waals surface area (Å²) in [5.74, 6) is -0.292. The van der Waals surface area contributed by atoms with E-state index in [1.54, 1.807) is 0 Å². The maximum atomic E-state index is 11.4. The number of nitrogens with zero attached hydrogens (tertiary/aromatic N) is 1. The fraction of sp³-hybridized carbons (Fsp3) is 0.545. The molecule has 0 spiro atoms. The van der Waals surface area contributed by atoms with Crippen molar-refractivity contribution in [3.63, 3.8) is 0 Å². The zero-order valence-electron chi connectivity index (χ0n) is 9.54. The summed E-state index contributed by atoms with van der Waals surface area (Å²) in [6, 6.07) is 1.86. The molecule has 4 heteroatoms. The van der Waals surface area contributed by atoms with Crippen LogP contribution in [0, 0.1) is 6.92 Å². The first-order valence-electron chi connectivity index (χ1n) is 5.05. The van der Waals surface area contributed by atoms with Crippen LogP contribution in [0.15, 0.2) is 6.07 Å². The van der Waals surface area contributed by atoms with Crippen LogP contribution in [-0.2, 0) is 18.2 Å². The summed E-state index contributed by atoms with van der Waals surface area (Å²) in [4.78, 5) is 11.4. The Morgan fingerprint density at radius 2 is 2.27 bits per heavy atom. The van der Waals surface area contributed by atoms with E-state index in [1.807, 2.05) is 24.6 Å². The molecule has 15 heavy (non-hydrogen) atoms. The molecule has 0 saturated heterocycles. The topological polar surface area (TPSA) is 57.2 Å². The molecule has 0 radical (unpaired) electrons. The lowest BCUT2D eigenvalue weighted by Gasteiger charge is -2.06. The van der Waals surface area contributed by atoms with Crippen molar-refractivity contribution in [3.05, 3.63) is 23.0 Å². The van der Waals surface area contributed by atoms with E-state index >= 15 is 0 Å². The van der Waals surface area contributed by atoms with E-state index in [4.69, 9.17) is 10.5 Å². The van der Waals surface area contributed by atoms with Crippen molar-refractivity contribution in [2.45, 2.75) is 19.8 Å². The van der Waals surface area contributed by atoms with Crippen LogP contribution < -0.4 is 5.73 Å². The van der Waals surface area contributed by atoms with E-state index in [9.17, 15) is 4.79 Å². The Morgan fingerprint density at radius 3 is 2.80 bits per heavy atom. The van der Waals surface area contributed by atoms with Crippen LogP contribution in [0.2, 0.25) is 0 Å². The number of carbonyl (C=O) groups excluding carboxylic acids is 1. The van der Waals surface area contributed by atoms with Crippen LogP contribution in [-0.4, -0.2) is 24.2 Å². The number of hydrogen-bond acceptors (Lipinski definition) is 3. The molecule has 0 fully saturated rings. The van der Waals surface area contributed by atoms with E-state index in [0.29, 0.717) is 12.2 Å². The molecule has 0 amide bonds. The fourth-order valence-electron chi connectivity index (χ4n) is 1.73. The van der Waals surface area contributed by atoms with E-state index in [2.05, 4.69) is 0 Å². The Morgan fingerprint density at radius 1 is 1.60 bits per heavy atom. The second-order valence-corrected chi connectivity index (χ2v) is 3.60. The van der Waals surface area contributed by atoms with Crippen molar-refractivity contribution in [2.24, 2.45) is 12.8 Å². The average molecular weight is 210 g/mol. The van der Waals surface area contributed by atoms with E-state index < -0.39 is 0 Å². The highest BCUT2D eigenvalue weighted by molar-refractivity contribution is 5.88. The van der Waals surface area contributed by atoms with Gasteiger partial charge in [-0.1, -0.05) is 0 Å². The number of aryl methyl sites for hydroxylation is 1. The highest BCUT2D eigenvalue weighted by atomic mass is 16.5. The van der Waals surface area contributed by atoms with Gasteiger partial charge in [0.15, 0.2) is 0 Å². The summed E-state index contributed by atoms with van der Waals surface area (Å²) in [7, 11) is 3.27. The second kappa shape index (κ2) is 4.98. The van der Waals surface area contributed by atoms with Gasteiger partial charge in [-0.05, 0) is 37.9 Å². The van der Waals surface area contributed by atoms with Gasteiger partial charge in [-0.25, -0.2) is 4.79 Å². The SMILES string of the molecule is COC(=O)c1cc(C)c(CCCN)n1C. The lowest BCUT2D eigenvalue weighted by atomic mass is 10.2. The van der Waals surface area contributed by atoms with Crippen LogP contribution in [0.25, 0.3) is 0 Å². The van der Waals surface area contributed by atoms with Crippen LogP contribution in [0.5, 0.6) is 0 Å². The number of ether oxygens (including phenoxy) is 1. The zero-order valence-corrected chi connectivity index (χ0v) is 9.54. The minimum Gasteiger partial charge on any atom is -0.464 e. The predicted octanol–water partition coefficient (Wildman–Crippen LogP) is 1.01. The largest absolute Gasteiger partial charge is 0.464 e. The van der Waals surface area contributed by atoms with Crippen LogP contribution in [0.3, 0.4) is 0 Å². The fourth-order valence-corrected chi connectivity index (χ4v) is 1.73. The quantitative estimate of drug-likeness (QED) is 0.755. The minimum absolute atomic E-state index is 0.292. The van der Waals surface area contributed by atoms with Gasteiger partial charge in [-0.3, -0.25) is 0 Å². The molecule has 1 rings (SSSR count). The summed E-state index contributed by atoms with van der Waals surface area (Å²) in [5.41, 5.74) is 8.34. The van der Waals surface area contributed by atoms with E-state index in [-0.39, 0.29) is 5.97 Å². The predicted molar refractivity (Wildman–Crippen MR) is 58.9 cm³/mol. The zero-order chi connectivity index (χ0) is 11.4. The number of esters is 1. The molecule has 0 bridgehead atoms. The monoisotopic (exact) mass is 210 g/mol. The molecule has 1 heterocycles. The maximum absolute atomic E-state index is 11.4.